The van der Waals surface area contributed by atoms with E-state index in [9.17, 15) is 8.42 Å². The number of nitrogens with zero attached hydrogens (tertiary/aromatic N) is 1. The summed E-state index contributed by atoms with van der Waals surface area (Å²) in [6.07, 6.45) is 5.78. The van der Waals surface area contributed by atoms with Crippen molar-refractivity contribution in [3.63, 3.8) is 0 Å². The monoisotopic (exact) mass is 267 g/mol. The van der Waals surface area contributed by atoms with Crippen molar-refractivity contribution in [2.45, 2.75) is 51.5 Å². The minimum absolute atomic E-state index is 0.201. The average Bonchev–Trinajstić information content (AvgIpc) is 2.51. The van der Waals surface area contributed by atoms with Crippen LogP contribution >= 0.6 is 11.6 Å². The molecule has 0 bridgehead atoms. The van der Waals surface area contributed by atoms with Crippen molar-refractivity contribution in [3.8, 4) is 0 Å². The first kappa shape index (κ1) is 14.3. The Morgan fingerprint density at radius 3 is 2.69 bits per heavy atom. The van der Waals surface area contributed by atoms with E-state index in [1.165, 1.54) is 0 Å². The molecule has 5 heteroatoms. The first-order chi connectivity index (χ1) is 7.61. The zero-order valence-electron chi connectivity index (χ0n) is 9.99. The highest BCUT2D eigenvalue weighted by atomic mass is 35.5. The van der Waals surface area contributed by atoms with Crippen LogP contribution in [0.3, 0.4) is 0 Å². The van der Waals surface area contributed by atoms with E-state index in [4.69, 9.17) is 11.6 Å². The summed E-state index contributed by atoms with van der Waals surface area (Å²) in [7, 11) is -3.08. The fraction of sp³-hybridized carbons (Fsp3) is 1.00. The van der Waals surface area contributed by atoms with E-state index in [0.29, 0.717) is 18.8 Å². The topological polar surface area (TPSA) is 37.4 Å². The lowest BCUT2D eigenvalue weighted by Gasteiger charge is -2.28. The summed E-state index contributed by atoms with van der Waals surface area (Å²) < 4.78 is 26.0. The van der Waals surface area contributed by atoms with Gasteiger partial charge in [-0.2, -0.15) is 4.31 Å². The first-order valence-electron chi connectivity index (χ1n) is 6.17. The average molecular weight is 268 g/mol. The van der Waals surface area contributed by atoms with Gasteiger partial charge >= 0.3 is 0 Å². The molecule has 1 heterocycles. The van der Waals surface area contributed by atoms with Crippen LogP contribution in [0, 0.1) is 0 Å². The van der Waals surface area contributed by atoms with Gasteiger partial charge in [0.1, 0.15) is 0 Å². The van der Waals surface area contributed by atoms with Crippen LogP contribution in [0.25, 0.3) is 0 Å². The molecule has 0 radical (unpaired) electrons. The molecule has 0 saturated carbocycles. The van der Waals surface area contributed by atoms with Crippen LogP contribution in [0.4, 0.5) is 0 Å². The molecule has 0 aromatic carbocycles. The standard InChI is InChI=1S/C11H22ClNO2S/c1-2-11-7-4-3-5-9-13(11)16(14,15)10-6-8-12/h11H,2-10H2,1H3. The molecule has 1 aliphatic rings. The van der Waals surface area contributed by atoms with Crippen molar-refractivity contribution in [1.29, 1.82) is 0 Å². The number of hydrogen-bond acceptors (Lipinski definition) is 2. The molecule has 0 amide bonds. The van der Waals surface area contributed by atoms with Crippen LogP contribution in [0.2, 0.25) is 0 Å². The fourth-order valence-corrected chi connectivity index (χ4v) is 4.43. The summed E-state index contributed by atoms with van der Waals surface area (Å²) in [4.78, 5) is 0. The van der Waals surface area contributed by atoms with E-state index < -0.39 is 10.0 Å². The van der Waals surface area contributed by atoms with Gasteiger partial charge in [0, 0.05) is 18.5 Å². The second-order valence-corrected chi connectivity index (χ2v) is 6.80. The van der Waals surface area contributed by atoms with Crippen molar-refractivity contribution < 1.29 is 8.42 Å². The molecule has 0 aromatic rings. The van der Waals surface area contributed by atoms with E-state index in [1.54, 1.807) is 4.31 Å². The van der Waals surface area contributed by atoms with Crippen molar-refractivity contribution in [3.05, 3.63) is 0 Å². The fourth-order valence-electron chi connectivity index (χ4n) is 2.28. The van der Waals surface area contributed by atoms with Crippen LogP contribution < -0.4 is 0 Å². The molecule has 1 aliphatic heterocycles. The minimum Gasteiger partial charge on any atom is -0.212 e. The summed E-state index contributed by atoms with van der Waals surface area (Å²) in [5.41, 5.74) is 0. The lowest BCUT2D eigenvalue weighted by molar-refractivity contribution is 0.315. The molecule has 1 atom stereocenters. The Morgan fingerprint density at radius 2 is 2.06 bits per heavy atom. The molecule has 3 nitrogen and oxygen atoms in total. The molecular formula is C11H22ClNO2S. The molecule has 96 valence electrons. The predicted octanol–water partition coefficient (Wildman–Crippen LogP) is 2.60. The number of halogens is 1. The molecule has 1 rings (SSSR count). The van der Waals surface area contributed by atoms with Crippen LogP contribution in [0.5, 0.6) is 0 Å². The van der Waals surface area contributed by atoms with Gasteiger partial charge in [-0.25, -0.2) is 8.42 Å². The lowest BCUT2D eigenvalue weighted by atomic mass is 10.1. The summed E-state index contributed by atoms with van der Waals surface area (Å²) >= 11 is 5.57. The molecule has 0 aromatic heterocycles. The smallest absolute Gasteiger partial charge is 0.212 e. The molecule has 0 aliphatic carbocycles. The van der Waals surface area contributed by atoms with E-state index in [-0.39, 0.29) is 11.8 Å². The molecule has 1 fully saturated rings. The van der Waals surface area contributed by atoms with E-state index in [1.807, 2.05) is 0 Å². The third kappa shape index (κ3) is 3.90. The second-order valence-electron chi connectivity index (χ2n) is 4.38. The van der Waals surface area contributed by atoms with Crippen LogP contribution in [-0.2, 0) is 10.0 Å². The Morgan fingerprint density at radius 1 is 1.31 bits per heavy atom. The van der Waals surface area contributed by atoms with Crippen LogP contribution in [0.1, 0.15) is 45.4 Å². The van der Waals surface area contributed by atoms with Gasteiger partial charge in [0.2, 0.25) is 10.0 Å². The quantitative estimate of drug-likeness (QED) is 0.718. The van der Waals surface area contributed by atoms with E-state index >= 15 is 0 Å². The summed E-state index contributed by atoms with van der Waals surface area (Å²) in [6.45, 7) is 2.77. The zero-order chi connectivity index (χ0) is 12.0. The molecular weight excluding hydrogens is 246 g/mol. The highest BCUT2D eigenvalue weighted by Crippen LogP contribution is 2.22. The summed E-state index contributed by atoms with van der Waals surface area (Å²) in [6, 6.07) is 0.211. The SMILES string of the molecule is CCC1CCCCCN1S(=O)(=O)CCCCl. The van der Waals surface area contributed by atoms with Crippen molar-refractivity contribution >= 4 is 21.6 Å². The largest absolute Gasteiger partial charge is 0.214 e. The van der Waals surface area contributed by atoms with Crippen molar-refractivity contribution in [2.24, 2.45) is 0 Å². The Hall–Kier alpha value is 0.200. The number of alkyl halides is 1. The maximum Gasteiger partial charge on any atom is 0.214 e. The van der Waals surface area contributed by atoms with Gasteiger partial charge in [-0.1, -0.05) is 19.8 Å². The van der Waals surface area contributed by atoms with Gasteiger partial charge in [0.25, 0.3) is 0 Å². The zero-order valence-corrected chi connectivity index (χ0v) is 11.6. The van der Waals surface area contributed by atoms with Crippen molar-refractivity contribution in [2.75, 3.05) is 18.2 Å². The lowest BCUT2D eigenvalue weighted by Crippen LogP contribution is -2.41. The number of rotatable bonds is 5. The maximum atomic E-state index is 12.1. The summed E-state index contributed by atoms with van der Waals surface area (Å²) in [5, 5.41) is 0. The third-order valence-electron chi connectivity index (χ3n) is 3.19. The summed E-state index contributed by atoms with van der Waals surface area (Å²) in [5.74, 6) is 0.622. The molecule has 1 saturated heterocycles. The van der Waals surface area contributed by atoms with Gasteiger partial charge in [-0.15, -0.1) is 11.6 Å². The van der Waals surface area contributed by atoms with Crippen LogP contribution in [-0.4, -0.2) is 36.9 Å². The molecule has 1 unspecified atom stereocenters. The third-order valence-corrected chi connectivity index (χ3v) is 5.45. The Bertz CT molecular complexity index is 292. The molecule has 0 N–H and O–H groups in total. The number of sulfonamides is 1. The molecule has 16 heavy (non-hydrogen) atoms. The van der Waals surface area contributed by atoms with Gasteiger partial charge in [0.15, 0.2) is 0 Å². The van der Waals surface area contributed by atoms with Gasteiger partial charge < -0.3 is 0 Å². The minimum atomic E-state index is -3.08. The highest BCUT2D eigenvalue weighted by Gasteiger charge is 2.29. The van der Waals surface area contributed by atoms with Crippen molar-refractivity contribution in [1.82, 2.24) is 4.31 Å². The van der Waals surface area contributed by atoms with E-state index in [0.717, 1.165) is 32.1 Å². The maximum absolute atomic E-state index is 12.1. The first-order valence-corrected chi connectivity index (χ1v) is 8.31. The van der Waals surface area contributed by atoms with Gasteiger partial charge in [-0.3, -0.25) is 0 Å². The highest BCUT2D eigenvalue weighted by molar-refractivity contribution is 7.89. The van der Waals surface area contributed by atoms with Gasteiger partial charge in [0.05, 0.1) is 5.75 Å². The van der Waals surface area contributed by atoms with Crippen LogP contribution in [0.15, 0.2) is 0 Å². The Kier molecular flexibility index (Phi) is 6.08. The predicted molar refractivity (Wildman–Crippen MR) is 68.4 cm³/mol. The normalized spacial score (nSPS) is 24.2. The second kappa shape index (κ2) is 6.82. The Balaban J connectivity index is 2.72. The molecule has 0 spiro atoms. The Labute approximate surface area is 104 Å². The number of hydrogen-bond donors (Lipinski definition) is 0. The van der Waals surface area contributed by atoms with Gasteiger partial charge in [-0.05, 0) is 25.7 Å². The van der Waals surface area contributed by atoms with E-state index in [2.05, 4.69) is 6.92 Å².